The zero-order valence-electron chi connectivity index (χ0n) is 10.4. The maximum atomic E-state index is 11.5. The van der Waals surface area contributed by atoms with Crippen LogP contribution in [-0.4, -0.2) is 16.6 Å². The molecule has 0 amide bonds. The van der Waals surface area contributed by atoms with Crippen LogP contribution < -0.4 is 5.73 Å². The molecule has 0 aromatic heterocycles. The van der Waals surface area contributed by atoms with E-state index in [1.807, 2.05) is 60.7 Å². The van der Waals surface area contributed by atoms with E-state index in [9.17, 15) is 9.90 Å². The van der Waals surface area contributed by atoms with E-state index in [-0.39, 0.29) is 0 Å². The highest BCUT2D eigenvalue weighted by Gasteiger charge is 2.71. The minimum atomic E-state index is -1.21. The molecule has 1 saturated carbocycles. The van der Waals surface area contributed by atoms with E-state index in [0.29, 0.717) is 6.42 Å². The highest BCUT2D eigenvalue weighted by Crippen LogP contribution is 2.60. The van der Waals surface area contributed by atoms with Gasteiger partial charge in [0.2, 0.25) is 0 Å². The third-order valence-corrected chi connectivity index (χ3v) is 4.10. The Hall–Kier alpha value is -2.13. The Kier molecular flexibility index (Phi) is 2.47. The summed E-state index contributed by atoms with van der Waals surface area (Å²) in [5.74, 6) is -0.944. The molecule has 1 aliphatic carbocycles. The van der Waals surface area contributed by atoms with Crippen LogP contribution in [0.15, 0.2) is 60.7 Å². The second-order valence-corrected chi connectivity index (χ2v) is 5.09. The van der Waals surface area contributed by atoms with Crippen LogP contribution in [0.25, 0.3) is 0 Å². The summed E-state index contributed by atoms with van der Waals surface area (Å²) in [6.07, 6.45) is 0.434. The van der Waals surface area contributed by atoms with Gasteiger partial charge in [-0.3, -0.25) is 4.79 Å². The quantitative estimate of drug-likeness (QED) is 0.881. The van der Waals surface area contributed by atoms with Crippen molar-refractivity contribution in [2.75, 3.05) is 0 Å². The Labute approximate surface area is 111 Å². The molecule has 96 valence electrons. The lowest BCUT2D eigenvalue weighted by Gasteiger charge is -2.21. The van der Waals surface area contributed by atoms with Crippen molar-refractivity contribution in [1.82, 2.24) is 0 Å². The Bertz CT molecular complexity index is 570. The molecule has 3 N–H and O–H groups in total. The van der Waals surface area contributed by atoms with Crippen LogP contribution in [0.2, 0.25) is 0 Å². The van der Waals surface area contributed by atoms with Gasteiger partial charge in [0.1, 0.15) is 5.54 Å². The molecule has 3 nitrogen and oxygen atoms in total. The van der Waals surface area contributed by atoms with Gasteiger partial charge in [0.25, 0.3) is 0 Å². The van der Waals surface area contributed by atoms with Gasteiger partial charge in [-0.15, -0.1) is 0 Å². The third-order valence-electron chi connectivity index (χ3n) is 4.10. The molecule has 0 saturated heterocycles. The fraction of sp³-hybridized carbons (Fsp3) is 0.188. The third kappa shape index (κ3) is 1.52. The van der Waals surface area contributed by atoms with Crippen molar-refractivity contribution < 1.29 is 9.90 Å². The van der Waals surface area contributed by atoms with Gasteiger partial charge in [0.15, 0.2) is 0 Å². The van der Waals surface area contributed by atoms with E-state index in [0.717, 1.165) is 11.1 Å². The molecule has 0 radical (unpaired) electrons. The Balaban J connectivity index is 2.18. The molecule has 0 bridgehead atoms. The van der Waals surface area contributed by atoms with Crippen LogP contribution in [-0.2, 0) is 10.2 Å². The van der Waals surface area contributed by atoms with Crippen LogP contribution in [0.3, 0.4) is 0 Å². The number of nitrogens with two attached hydrogens (primary N) is 1. The predicted octanol–water partition coefficient (Wildman–Crippen LogP) is 2.16. The Morgan fingerprint density at radius 1 is 0.947 bits per heavy atom. The molecular formula is C16H15NO2. The first-order chi connectivity index (χ1) is 9.11. The van der Waals surface area contributed by atoms with Gasteiger partial charge in [-0.25, -0.2) is 0 Å². The van der Waals surface area contributed by atoms with Gasteiger partial charge in [-0.1, -0.05) is 60.7 Å². The van der Waals surface area contributed by atoms with Gasteiger partial charge in [0, 0.05) is 0 Å². The van der Waals surface area contributed by atoms with Crippen LogP contribution >= 0.6 is 0 Å². The first-order valence-electron chi connectivity index (χ1n) is 6.24. The standard InChI is InChI=1S/C16H15NO2/c17-16(14(18)19)11-15(16,12-7-3-1-4-8-12)13-9-5-2-6-10-13/h1-10H,11,17H2,(H,18,19)/t16-/m0/s1. The highest BCUT2D eigenvalue weighted by molar-refractivity contribution is 5.89. The molecule has 0 unspecified atom stereocenters. The minimum Gasteiger partial charge on any atom is -0.480 e. The average Bonchev–Trinajstić information content (AvgIpc) is 3.10. The zero-order chi connectivity index (χ0) is 13.5. The molecule has 1 atom stereocenters. The van der Waals surface area contributed by atoms with Crippen molar-refractivity contribution in [2.45, 2.75) is 17.4 Å². The summed E-state index contributed by atoms with van der Waals surface area (Å²) < 4.78 is 0. The second kappa shape index (κ2) is 3.93. The monoisotopic (exact) mass is 253 g/mol. The summed E-state index contributed by atoms with van der Waals surface area (Å²) in [4.78, 5) is 11.5. The molecule has 19 heavy (non-hydrogen) atoms. The van der Waals surface area contributed by atoms with Gasteiger partial charge in [0.05, 0.1) is 5.41 Å². The Morgan fingerprint density at radius 2 is 1.37 bits per heavy atom. The molecule has 1 aliphatic rings. The highest BCUT2D eigenvalue weighted by atomic mass is 16.4. The molecule has 0 heterocycles. The lowest BCUT2D eigenvalue weighted by Crippen LogP contribution is -2.41. The lowest BCUT2D eigenvalue weighted by atomic mass is 9.84. The van der Waals surface area contributed by atoms with Crippen molar-refractivity contribution in [1.29, 1.82) is 0 Å². The lowest BCUT2D eigenvalue weighted by molar-refractivity contribution is -0.140. The van der Waals surface area contributed by atoms with Gasteiger partial charge < -0.3 is 10.8 Å². The molecule has 0 aliphatic heterocycles. The Morgan fingerprint density at radius 3 is 1.68 bits per heavy atom. The molecule has 1 fully saturated rings. The number of hydrogen-bond donors (Lipinski definition) is 2. The second-order valence-electron chi connectivity index (χ2n) is 5.09. The van der Waals surface area contributed by atoms with Gasteiger partial charge in [-0.2, -0.15) is 0 Å². The summed E-state index contributed by atoms with van der Waals surface area (Å²) in [6.45, 7) is 0. The summed E-state index contributed by atoms with van der Waals surface area (Å²) in [5, 5.41) is 9.45. The first-order valence-corrected chi connectivity index (χ1v) is 6.24. The molecule has 2 aromatic carbocycles. The first kappa shape index (κ1) is 11.9. The average molecular weight is 253 g/mol. The molecule has 0 spiro atoms. The van der Waals surface area contributed by atoms with Crippen molar-refractivity contribution in [2.24, 2.45) is 5.73 Å². The van der Waals surface area contributed by atoms with E-state index in [1.54, 1.807) is 0 Å². The molecule has 3 rings (SSSR count). The number of carboxylic acids is 1. The summed E-state index contributed by atoms with van der Waals surface area (Å²) >= 11 is 0. The van der Waals surface area contributed by atoms with E-state index in [1.165, 1.54) is 0 Å². The van der Waals surface area contributed by atoms with Crippen molar-refractivity contribution in [3.8, 4) is 0 Å². The summed E-state index contributed by atoms with van der Waals surface area (Å²) in [5.41, 5.74) is 6.24. The smallest absolute Gasteiger partial charge is 0.325 e. The van der Waals surface area contributed by atoms with E-state index < -0.39 is 16.9 Å². The normalized spacial score (nSPS) is 23.8. The molecule has 2 aromatic rings. The number of carbonyl (C=O) groups is 1. The zero-order valence-corrected chi connectivity index (χ0v) is 10.4. The topological polar surface area (TPSA) is 63.3 Å². The van der Waals surface area contributed by atoms with Gasteiger partial charge >= 0.3 is 5.97 Å². The van der Waals surface area contributed by atoms with Crippen molar-refractivity contribution in [3.63, 3.8) is 0 Å². The molecular weight excluding hydrogens is 238 g/mol. The summed E-state index contributed by atoms with van der Waals surface area (Å²) in [7, 11) is 0. The van der Waals surface area contributed by atoms with E-state index >= 15 is 0 Å². The number of benzene rings is 2. The minimum absolute atomic E-state index is 0.434. The van der Waals surface area contributed by atoms with Crippen LogP contribution in [0.1, 0.15) is 17.5 Å². The predicted molar refractivity (Wildman–Crippen MR) is 72.8 cm³/mol. The number of aliphatic carboxylic acids is 1. The fourth-order valence-corrected chi connectivity index (χ4v) is 2.96. The largest absolute Gasteiger partial charge is 0.480 e. The molecule has 3 heteroatoms. The summed E-state index contributed by atoms with van der Waals surface area (Å²) in [6, 6.07) is 19.3. The number of hydrogen-bond acceptors (Lipinski definition) is 2. The van der Waals surface area contributed by atoms with E-state index in [2.05, 4.69) is 0 Å². The maximum absolute atomic E-state index is 11.5. The SMILES string of the molecule is N[C@]1(C(=O)O)CC1(c1ccccc1)c1ccccc1. The number of rotatable bonds is 3. The maximum Gasteiger partial charge on any atom is 0.325 e. The van der Waals surface area contributed by atoms with Crippen LogP contribution in [0.4, 0.5) is 0 Å². The van der Waals surface area contributed by atoms with Gasteiger partial charge in [-0.05, 0) is 17.5 Å². The van der Waals surface area contributed by atoms with Crippen LogP contribution in [0, 0.1) is 0 Å². The van der Waals surface area contributed by atoms with Crippen LogP contribution in [0.5, 0.6) is 0 Å². The van der Waals surface area contributed by atoms with Crippen molar-refractivity contribution >= 4 is 5.97 Å². The number of carboxylic acid groups (broad SMARTS) is 1. The van der Waals surface area contributed by atoms with E-state index in [4.69, 9.17) is 5.73 Å². The fourth-order valence-electron chi connectivity index (χ4n) is 2.96. The van der Waals surface area contributed by atoms with Crippen molar-refractivity contribution in [3.05, 3.63) is 71.8 Å².